The highest BCUT2D eigenvalue weighted by molar-refractivity contribution is 14.0. The van der Waals surface area contributed by atoms with Crippen LogP contribution in [0.3, 0.4) is 0 Å². The van der Waals surface area contributed by atoms with Gasteiger partial charge in [-0.1, -0.05) is 19.1 Å². The van der Waals surface area contributed by atoms with Crippen molar-refractivity contribution in [3.8, 4) is 0 Å². The van der Waals surface area contributed by atoms with E-state index in [2.05, 4.69) is 41.3 Å². The Kier molecular flexibility index (Phi) is 11.2. The predicted octanol–water partition coefficient (Wildman–Crippen LogP) is 3.71. The summed E-state index contributed by atoms with van der Waals surface area (Å²) in [4.78, 5) is 6.63. The highest BCUT2D eigenvalue weighted by atomic mass is 127. The Morgan fingerprint density at radius 2 is 1.96 bits per heavy atom. The fourth-order valence-corrected chi connectivity index (χ4v) is 2.46. The van der Waals surface area contributed by atoms with Crippen molar-refractivity contribution in [3.63, 3.8) is 0 Å². The molecule has 0 fully saturated rings. The Morgan fingerprint density at radius 3 is 2.46 bits per heavy atom. The molecule has 0 spiro atoms. The first-order chi connectivity index (χ1) is 10.9. The summed E-state index contributed by atoms with van der Waals surface area (Å²) in [6, 6.07) is 5.86. The molecule has 1 atom stereocenters. The largest absolute Gasteiger partial charge is 0.355 e. The van der Waals surface area contributed by atoms with E-state index in [0.717, 1.165) is 31.2 Å². The molecule has 0 radical (unpaired) electrons. The van der Waals surface area contributed by atoms with Crippen LogP contribution in [0.25, 0.3) is 0 Å². The van der Waals surface area contributed by atoms with Gasteiger partial charge in [0.25, 0.3) is 0 Å². The van der Waals surface area contributed by atoms with Crippen LogP contribution in [-0.4, -0.2) is 43.6 Å². The number of hydrogen-bond donors (Lipinski definition) is 2. The van der Waals surface area contributed by atoms with E-state index < -0.39 is 0 Å². The lowest BCUT2D eigenvalue weighted by Crippen LogP contribution is -2.43. The zero-order chi connectivity index (χ0) is 17.4. The molecule has 0 bridgehead atoms. The Hall–Kier alpha value is -0.890. The molecular weight excluding hydrogens is 418 g/mol. The molecule has 0 aliphatic rings. The van der Waals surface area contributed by atoms with E-state index in [-0.39, 0.29) is 35.8 Å². The first-order valence-electron chi connectivity index (χ1n) is 8.36. The highest BCUT2D eigenvalue weighted by Gasteiger charge is 2.11. The van der Waals surface area contributed by atoms with Gasteiger partial charge < -0.3 is 10.6 Å². The van der Waals surface area contributed by atoms with E-state index in [1.54, 1.807) is 26.1 Å². The van der Waals surface area contributed by atoms with Gasteiger partial charge in [0, 0.05) is 26.2 Å². The number of rotatable bonds is 7. The summed E-state index contributed by atoms with van der Waals surface area (Å²) >= 11 is 0. The summed E-state index contributed by atoms with van der Waals surface area (Å²) in [6.45, 7) is 13.2. The highest BCUT2D eigenvalue weighted by Crippen LogP contribution is 2.16. The Morgan fingerprint density at radius 1 is 1.29 bits per heavy atom. The van der Waals surface area contributed by atoms with Gasteiger partial charge in [0.2, 0.25) is 0 Å². The van der Waals surface area contributed by atoms with Crippen LogP contribution in [0, 0.1) is 12.7 Å². The lowest BCUT2D eigenvalue weighted by atomic mass is 10.1. The zero-order valence-electron chi connectivity index (χ0n) is 15.7. The number of benzene rings is 1. The van der Waals surface area contributed by atoms with Crippen LogP contribution in [0.1, 0.15) is 44.9 Å². The summed E-state index contributed by atoms with van der Waals surface area (Å²) in [7, 11) is 1.75. The van der Waals surface area contributed by atoms with Crippen LogP contribution >= 0.6 is 24.0 Å². The predicted molar refractivity (Wildman–Crippen MR) is 112 cm³/mol. The topological polar surface area (TPSA) is 39.7 Å². The third-order valence-corrected chi connectivity index (χ3v) is 4.10. The van der Waals surface area contributed by atoms with E-state index in [1.165, 1.54) is 0 Å². The molecule has 0 heterocycles. The molecule has 1 aromatic carbocycles. The van der Waals surface area contributed by atoms with Crippen molar-refractivity contribution >= 4 is 29.9 Å². The molecule has 0 aliphatic carbocycles. The van der Waals surface area contributed by atoms with Crippen molar-refractivity contribution < 1.29 is 4.39 Å². The number of aryl methyl sites for hydroxylation is 1. The maximum absolute atomic E-state index is 13.7. The van der Waals surface area contributed by atoms with Gasteiger partial charge in [-0.05, 0) is 51.4 Å². The fourth-order valence-electron chi connectivity index (χ4n) is 2.46. The average Bonchev–Trinajstić information content (AvgIpc) is 2.52. The average molecular weight is 450 g/mol. The van der Waals surface area contributed by atoms with Crippen molar-refractivity contribution in [2.75, 3.05) is 26.7 Å². The van der Waals surface area contributed by atoms with Crippen LogP contribution in [0.5, 0.6) is 0 Å². The number of hydrogen-bond acceptors (Lipinski definition) is 2. The first-order valence-corrected chi connectivity index (χ1v) is 8.36. The summed E-state index contributed by atoms with van der Waals surface area (Å²) in [6.07, 6.45) is 0. The van der Waals surface area contributed by atoms with Crippen LogP contribution in [-0.2, 0) is 0 Å². The lowest BCUT2D eigenvalue weighted by Gasteiger charge is -2.25. The van der Waals surface area contributed by atoms with Crippen molar-refractivity contribution in [2.45, 2.75) is 46.7 Å². The maximum Gasteiger partial charge on any atom is 0.191 e. The number of guanidine groups is 1. The monoisotopic (exact) mass is 450 g/mol. The fraction of sp³-hybridized carbons (Fsp3) is 0.611. The van der Waals surface area contributed by atoms with Gasteiger partial charge in [0.05, 0.1) is 6.04 Å². The summed E-state index contributed by atoms with van der Waals surface area (Å²) < 4.78 is 13.7. The van der Waals surface area contributed by atoms with Crippen molar-refractivity contribution in [3.05, 3.63) is 35.1 Å². The summed E-state index contributed by atoms with van der Waals surface area (Å²) in [5, 5.41) is 6.62. The molecule has 138 valence electrons. The molecule has 0 saturated heterocycles. The normalized spacial score (nSPS) is 13.0. The summed E-state index contributed by atoms with van der Waals surface area (Å²) in [5.41, 5.74) is 1.57. The molecule has 6 heteroatoms. The molecule has 2 N–H and O–H groups in total. The van der Waals surface area contributed by atoms with E-state index in [9.17, 15) is 4.39 Å². The van der Waals surface area contributed by atoms with Gasteiger partial charge in [-0.15, -0.1) is 24.0 Å². The number of aliphatic imine (C=N–C) groups is 1. The second-order valence-corrected chi connectivity index (χ2v) is 6.10. The van der Waals surface area contributed by atoms with Crippen molar-refractivity contribution in [2.24, 2.45) is 4.99 Å². The molecular formula is C18H32FIN4. The van der Waals surface area contributed by atoms with E-state index in [4.69, 9.17) is 0 Å². The Bertz CT molecular complexity index is 520. The molecule has 24 heavy (non-hydrogen) atoms. The molecule has 0 saturated carbocycles. The van der Waals surface area contributed by atoms with Crippen LogP contribution in [0.4, 0.5) is 4.39 Å². The lowest BCUT2D eigenvalue weighted by molar-refractivity contribution is 0.237. The number of nitrogens with zero attached hydrogens (tertiary/aromatic N) is 2. The van der Waals surface area contributed by atoms with Crippen LogP contribution < -0.4 is 10.6 Å². The van der Waals surface area contributed by atoms with Crippen LogP contribution in [0.2, 0.25) is 0 Å². The van der Waals surface area contributed by atoms with Gasteiger partial charge in [0.1, 0.15) is 5.82 Å². The van der Waals surface area contributed by atoms with Gasteiger partial charge in [-0.3, -0.25) is 9.89 Å². The standard InChI is InChI=1S/C18H31FN4.HI/c1-7-23(13(2)3)11-10-21-18(20-6)22-15(5)16-9-8-14(4)17(19)12-16;/h8-9,12-13,15H,7,10-11H2,1-6H3,(H2,20,21,22);1H. The molecule has 0 aliphatic heterocycles. The summed E-state index contributed by atoms with van der Waals surface area (Å²) in [5.74, 6) is 0.563. The maximum atomic E-state index is 13.7. The van der Waals surface area contributed by atoms with E-state index in [0.29, 0.717) is 11.6 Å². The molecule has 4 nitrogen and oxygen atoms in total. The zero-order valence-corrected chi connectivity index (χ0v) is 18.0. The van der Waals surface area contributed by atoms with Crippen molar-refractivity contribution in [1.29, 1.82) is 0 Å². The van der Waals surface area contributed by atoms with Crippen LogP contribution in [0.15, 0.2) is 23.2 Å². The Labute approximate surface area is 163 Å². The molecule has 1 rings (SSSR count). The minimum Gasteiger partial charge on any atom is -0.355 e. The third kappa shape index (κ3) is 7.34. The number of likely N-dealkylation sites (N-methyl/N-ethyl adjacent to an activating group) is 1. The Balaban J connectivity index is 0.00000529. The van der Waals surface area contributed by atoms with Gasteiger partial charge in [-0.25, -0.2) is 4.39 Å². The molecule has 1 aromatic rings. The smallest absolute Gasteiger partial charge is 0.191 e. The third-order valence-electron chi connectivity index (χ3n) is 4.10. The quantitative estimate of drug-likeness (QED) is 0.378. The second kappa shape index (κ2) is 11.6. The van der Waals surface area contributed by atoms with Gasteiger partial charge in [-0.2, -0.15) is 0 Å². The van der Waals surface area contributed by atoms with Gasteiger partial charge >= 0.3 is 0 Å². The SMILES string of the molecule is CCN(CCNC(=NC)NC(C)c1ccc(C)c(F)c1)C(C)C.I. The van der Waals surface area contributed by atoms with Gasteiger partial charge in [0.15, 0.2) is 5.96 Å². The number of halogens is 2. The van der Waals surface area contributed by atoms with E-state index >= 15 is 0 Å². The molecule has 1 unspecified atom stereocenters. The van der Waals surface area contributed by atoms with Crippen molar-refractivity contribution in [1.82, 2.24) is 15.5 Å². The van der Waals surface area contributed by atoms with E-state index in [1.807, 2.05) is 13.0 Å². The molecule has 0 aromatic heterocycles. The number of nitrogens with one attached hydrogen (secondary N) is 2. The molecule has 0 amide bonds. The first kappa shape index (κ1) is 23.1. The minimum atomic E-state index is -0.172. The minimum absolute atomic E-state index is 0. The second-order valence-electron chi connectivity index (χ2n) is 6.10.